The van der Waals surface area contributed by atoms with E-state index in [2.05, 4.69) is 33.1 Å². The summed E-state index contributed by atoms with van der Waals surface area (Å²) in [5.74, 6) is 0.721. The van der Waals surface area contributed by atoms with E-state index in [1.807, 2.05) is 36.4 Å². The highest BCUT2D eigenvalue weighted by atomic mass is 127. The van der Waals surface area contributed by atoms with Crippen molar-refractivity contribution in [3.05, 3.63) is 70.2 Å². The zero-order valence-electron chi connectivity index (χ0n) is 16.8. The lowest BCUT2D eigenvalue weighted by molar-refractivity contribution is 0.0963. The molecule has 0 aromatic heterocycles. The van der Waals surface area contributed by atoms with Crippen molar-refractivity contribution in [1.82, 2.24) is 16.0 Å². The van der Waals surface area contributed by atoms with Crippen molar-refractivity contribution < 1.29 is 4.79 Å². The van der Waals surface area contributed by atoms with Gasteiger partial charge in [-0.05, 0) is 54.7 Å². The van der Waals surface area contributed by atoms with Crippen LogP contribution >= 0.6 is 35.6 Å². The van der Waals surface area contributed by atoms with E-state index >= 15 is 0 Å². The fourth-order valence-electron chi connectivity index (χ4n) is 3.35. The number of aliphatic imine (C=N–C) groups is 1. The van der Waals surface area contributed by atoms with Gasteiger partial charge >= 0.3 is 0 Å². The van der Waals surface area contributed by atoms with Gasteiger partial charge in [-0.15, -0.1) is 24.0 Å². The molecular formula is C22H28ClIN4O. The first-order valence-corrected chi connectivity index (χ1v) is 9.96. The lowest BCUT2D eigenvalue weighted by Crippen LogP contribution is -2.42. The number of benzene rings is 2. The summed E-state index contributed by atoms with van der Waals surface area (Å²) < 4.78 is 0. The van der Waals surface area contributed by atoms with Gasteiger partial charge in [-0.3, -0.25) is 9.79 Å². The van der Waals surface area contributed by atoms with Gasteiger partial charge in [0.15, 0.2) is 5.96 Å². The quantitative estimate of drug-likeness (QED) is 0.292. The Labute approximate surface area is 194 Å². The third-order valence-corrected chi connectivity index (χ3v) is 5.47. The SMILES string of the molecule is CN=C(NCCc1cccc(C(=O)NC)c1)NCC1(c2cccc(Cl)c2)CC1.I. The molecule has 0 atom stereocenters. The topological polar surface area (TPSA) is 65.5 Å². The van der Waals surface area contributed by atoms with Crippen molar-refractivity contribution in [2.24, 2.45) is 4.99 Å². The van der Waals surface area contributed by atoms with E-state index in [0.29, 0.717) is 5.56 Å². The van der Waals surface area contributed by atoms with Gasteiger partial charge in [-0.2, -0.15) is 0 Å². The van der Waals surface area contributed by atoms with Crippen LogP contribution in [-0.2, 0) is 11.8 Å². The van der Waals surface area contributed by atoms with Crippen LogP contribution in [0, 0.1) is 0 Å². The highest BCUT2D eigenvalue weighted by Gasteiger charge is 2.44. The first-order valence-electron chi connectivity index (χ1n) is 9.58. The molecule has 29 heavy (non-hydrogen) atoms. The molecule has 156 valence electrons. The monoisotopic (exact) mass is 526 g/mol. The van der Waals surface area contributed by atoms with Crippen LogP contribution in [-0.4, -0.2) is 39.1 Å². The number of nitrogens with zero attached hydrogens (tertiary/aromatic N) is 1. The van der Waals surface area contributed by atoms with Gasteiger partial charge in [0, 0.05) is 43.2 Å². The number of nitrogens with one attached hydrogen (secondary N) is 3. The molecule has 0 spiro atoms. The van der Waals surface area contributed by atoms with E-state index in [-0.39, 0.29) is 35.3 Å². The van der Waals surface area contributed by atoms with Gasteiger partial charge in [0.25, 0.3) is 5.91 Å². The van der Waals surface area contributed by atoms with E-state index in [1.165, 1.54) is 5.56 Å². The third kappa shape index (κ3) is 6.34. The maximum absolute atomic E-state index is 11.8. The smallest absolute Gasteiger partial charge is 0.251 e. The van der Waals surface area contributed by atoms with Crippen molar-refractivity contribution >= 4 is 47.4 Å². The number of amides is 1. The second kappa shape index (κ2) is 10.8. The first kappa shape index (κ1) is 23.5. The molecule has 3 rings (SSSR count). The zero-order valence-corrected chi connectivity index (χ0v) is 19.9. The Kier molecular flexibility index (Phi) is 8.77. The second-order valence-corrected chi connectivity index (χ2v) is 7.61. The third-order valence-electron chi connectivity index (χ3n) is 5.23. The Morgan fingerprint density at radius 1 is 1.14 bits per heavy atom. The fourth-order valence-corrected chi connectivity index (χ4v) is 3.54. The number of carbonyl (C=O) groups excluding carboxylic acids is 1. The molecular weight excluding hydrogens is 499 g/mol. The minimum absolute atomic E-state index is 0. The molecule has 1 amide bonds. The Bertz CT molecular complexity index is 867. The lowest BCUT2D eigenvalue weighted by Gasteiger charge is -2.19. The fraction of sp³-hybridized carbons (Fsp3) is 0.364. The van der Waals surface area contributed by atoms with Crippen LogP contribution in [0.1, 0.15) is 34.3 Å². The maximum atomic E-state index is 11.8. The number of guanidine groups is 1. The van der Waals surface area contributed by atoms with Crippen LogP contribution in [0.4, 0.5) is 0 Å². The second-order valence-electron chi connectivity index (χ2n) is 7.17. The van der Waals surface area contributed by atoms with Gasteiger partial charge in [0.2, 0.25) is 0 Å². The van der Waals surface area contributed by atoms with E-state index in [0.717, 1.165) is 48.9 Å². The molecule has 0 radical (unpaired) electrons. The van der Waals surface area contributed by atoms with Gasteiger partial charge in [-0.25, -0.2) is 0 Å². The number of hydrogen-bond acceptors (Lipinski definition) is 2. The van der Waals surface area contributed by atoms with E-state index < -0.39 is 0 Å². The van der Waals surface area contributed by atoms with Crippen LogP contribution in [0.5, 0.6) is 0 Å². The van der Waals surface area contributed by atoms with E-state index in [9.17, 15) is 4.79 Å². The minimum atomic E-state index is -0.0666. The van der Waals surface area contributed by atoms with Crippen LogP contribution < -0.4 is 16.0 Å². The average molecular weight is 527 g/mol. The Morgan fingerprint density at radius 3 is 2.55 bits per heavy atom. The summed E-state index contributed by atoms with van der Waals surface area (Å²) in [5.41, 5.74) is 3.24. The van der Waals surface area contributed by atoms with Crippen molar-refractivity contribution in [2.45, 2.75) is 24.7 Å². The largest absolute Gasteiger partial charge is 0.356 e. The normalized spacial score (nSPS) is 14.5. The summed E-state index contributed by atoms with van der Waals surface area (Å²) in [5, 5.41) is 10.2. The molecule has 0 aliphatic heterocycles. The molecule has 7 heteroatoms. The van der Waals surface area contributed by atoms with E-state index in [1.54, 1.807) is 14.1 Å². The Balaban J connectivity index is 0.00000300. The van der Waals surface area contributed by atoms with Crippen LogP contribution in [0.3, 0.4) is 0 Å². The molecule has 5 nitrogen and oxygen atoms in total. The predicted octanol–water partition coefficient (Wildman–Crippen LogP) is 3.76. The molecule has 0 bridgehead atoms. The average Bonchev–Trinajstić information content (AvgIpc) is 3.51. The summed E-state index contributed by atoms with van der Waals surface area (Å²) >= 11 is 6.15. The van der Waals surface area contributed by atoms with Gasteiger partial charge in [0.1, 0.15) is 0 Å². The van der Waals surface area contributed by atoms with Crippen LogP contribution in [0.15, 0.2) is 53.5 Å². The molecule has 1 fully saturated rings. The van der Waals surface area contributed by atoms with Crippen molar-refractivity contribution in [3.63, 3.8) is 0 Å². The molecule has 0 heterocycles. The maximum Gasteiger partial charge on any atom is 0.251 e. The summed E-state index contributed by atoms with van der Waals surface area (Å²) in [6, 6.07) is 15.8. The van der Waals surface area contributed by atoms with Gasteiger partial charge in [0.05, 0.1) is 0 Å². The first-order chi connectivity index (χ1) is 13.6. The zero-order chi connectivity index (χ0) is 20.0. The highest BCUT2D eigenvalue weighted by Crippen LogP contribution is 2.48. The number of hydrogen-bond donors (Lipinski definition) is 3. The Hall–Kier alpha value is -1.80. The molecule has 0 unspecified atom stereocenters. The van der Waals surface area contributed by atoms with Crippen LogP contribution in [0.25, 0.3) is 0 Å². The van der Waals surface area contributed by atoms with E-state index in [4.69, 9.17) is 11.6 Å². The summed E-state index contributed by atoms with van der Waals surface area (Å²) in [4.78, 5) is 16.1. The summed E-state index contributed by atoms with van der Waals surface area (Å²) in [7, 11) is 3.42. The standard InChI is InChI=1S/C22H27ClN4O.HI/c1-24-20(28)17-6-3-5-16(13-17)9-12-26-21(25-2)27-15-22(10-11-22)18-7-4-8-19(23)14-18;/h3-8,13-14H,9-12,15H2,1-2H3,(H,24,28)(H2,25,26,27);1H. The summed E-state index contributed by atoms with van der Waals surface area (Å²) in [6.07, 6.45) is 3.12. The Morgan fingerprint density at radius 2 is 1.90 bits per heavy atom. The molecule has 1 aliphatic rings. The number of rotatable bonds is 7. The van der Waals surface area contributed by atoms with Gasteiger partial charge in [-0.1, -0.05) is 35.9 Å². The molecule has 1 aliphatic carbocycles. The number of halogens is 2. The van der Waals surface area contributed by atoms with Crippen molar-refractivity contribution in [2.75, 3.05) is 27.2 Å². The highest BCUT2D eigenvalue weighted by molar-refractivity contribution is 14.0. The lowest BCUT2D eigenvalue weighted by atomic mass is 9.96. The summed E-state index contributed by atoms with van der Waals surface area (Å²) in [6.45, 7) is 1.57. The molecule has 1 saturated carbocycles. The van der Waals surface area contributed by atoms with Crippen LogP contribution in [0.2, 0.25) is 5.02 Å². The van der Waals surface area contributed by atoms with Crippen molar-refractivity contribution in [1.29, 1.82) is 0 Å². The molecule has 2 aromatic carbocycles. The number of carbonyl (C=O) groups is 1. The minimum Gasteiger partial charge on any atom is -0.356 e. The predicted molar refractivity (Wildman–Crippen MR) is 131 cm³/mol. The molecule has 0 saturated heterocycles. The van der Waals surface area contributed by atoms with Gasteiger partial charge < -0.3 is 16.0 Å². The molecule has 2 aromatic rings. The molecule has 3 N–H and O–H groups in total. The van der Waals surface area contributed by atoms with Crippen molar-refractivity contribution in [3.8, 4) is 0 Å².